The molecular formula is C13H10N4O. The zero-order chi connectivity index (χ0) is 13.4. The summed E-state index contributed by atoms with van der Waals surface area (Å²) in [6.07, 6.45) is 1.29. The van der Waals surface area contributed by atoms with Gasteiger partial charge < -0.3 is 10.1 Å². The van der Waals surface area contributed by atoms with E-state index < -0.39 is 0 Å². The number of hydrogen-bond donors (Lipinski definition) is 1. The number of anilines is 1. The molecular weight excluding hydrogens is 228 g/mol. The molecule has 1 N–H and O–H groups in total. The molecule has 0 aliphatic heterocycles. The molecule has 0 unspecified atom stereocenters. The number of allylic oxidation sites excluding steroid dienone is 1. The van der Waals surface area contributed by atoms with Gasteiger partial charge in [0.2, 0.25) is 0 Å². The molecule has 0 fully saturated rings. The van der Waals surface area contributed by atoms with Gasteiger partial charge in [-0.25, -0.2) is 0 Å². The van der Waals surface area contributed by atoms with Gasteiger partial charge in [-0.15, -0.1) is 0 Å². The van der Waals surface area contributed by atoms with Crippen LogP contribution in [0.5, 0.6) is 5.75 Å². The molecule has 0 aliphatic carbocycles. The minimum absolute atomic E-state index is 0.0395. The van der Waals surface area contributed by atoms with Gasteiger partial charge >= 0.3 is 0 Å². The second kappa shape index (κ2) is 6.58. The second-order valence-corrected chi connectivity index (χ2v) is 3.18. The third-order valence-electron chi connectivity index (χ3n) is 2.02. The lowest BCUT2D eigenvalue weighted by atomic mass is 10.2. The highest BCUT2D eigenvalue weighted by atomic mass is 16.5. The monoisotopic (exact) mass is 238 g/mol. The Morgan fingerprint density at radius 1 is 1.33 bits per heavy atom. The molecule has 0 atom stereocenters. The molecule has 5 nitrogen and oxygen atoms in total. The number of nitrogens with zero attached hydrogens (tertiary/aromatic N) is 3. The molecule has 5 heteroatoms. The summed E-state index contributed by atoms with van der Waals surface area (Å²) in [5.41, 5.74) is 0.964. The summed E-state index contributed by atoms with van der Waals surface area (Å²) in [6, 6.07) is 10.4. The Labute approximate surface area is 105 Å². The summed E-state index contributed by atoms with van der Waals surface area (Å²) in [5.74, 6) is 0.510. The lowest BCUT2D eigenvalue weighted by Crippen LogP contribution is -1.96. The van der Waals surface area contributed by atoms with Gasteiger partial charge in [0.05, 0.1) is 12.2 Å². The van der Waals surface area contributed by atoms with Crippen LogP contribution in [0.4, 0.5) is 5.69 Å². The van der Waals surface area contributed by atoms with E-state index in [1.165, 1.54) is 6.20 Å². The summed E-state index contributed by atoms with van der Waals surface area (Å²) >= 11 is 0. The number of hydrogen-bond acceptors (Lipinski definition) is 5. The summed E-state index contributed by atoms with van der Waals surface area (Å²) in [7, 11) is 0. The van der Waals surface area contributed by atoms with Gasteiger partial charge in [-0.2, -0.15) is 15.8 Å². The van der Waals surface area contributed by atoms with Crippen LogP contribution in [-0.2, 0) is 0 Å². The van der Waals surface area contributed by atoms with Gasteiger partial charge in [-0.05, 0) is 25.1 Å². The van der Waals surface area contributed by atoms with Crippen LogP contribution >= 0.6 is 0 Å². The van der Waals surface area contributed by atoms with Crippen LogP contribution < -0.4 is 10.1 Å². The molecule has 0 radical (unpaired) electrons. The molecule has 88 valence electrons. The highest BCUT2D eigenvalue weighted by Gasteiger charge is 2.03. The molecule has 1 rings (SSSR count). The van der Waals surface area contributed by atoms with E-state index in [0.717, 1.165) is 0 Å². The minimum Gasteiger partial charge on any atom is -0.492 e. The van der Waals surface area contributed by atoms with E-state index in [1.807, 2.05) is 13.0 Å². The van der Waals surface area contributed by atoms with Crippen molar-refractivity contribution in [3.63, 3.8) is 0 Å². The Balaban J connectivity index is 2.95. The van der Waals surface area contributed by atoms with E-state index in [2.05, 4.69) is 5.32 Å². The molecule has 18 heavy (non-hydrogen) atoms. The summed E-state index contributed by atoms with van der Waals surface area (Å²) in [5, 5.41) is 28.9. The summed E-state index contributed by atoms with van der Waals surface area (Å²) in [4.78, 5) is 0. The van der Waals surface area contributed by atoms with Crippen molar-refractivity contribution in [1.82, 2.24) is 0 Å². The standard InChI is InChI=1S/C13H10N4O/c1-2-18-13-4-3-12(5-11(13)8-16)17-9-10(6-14)7-15/h3-5,9,17H,2H2,1H3. The fourth-order valence-corrected chi connectivity index (χ4v) is 1.23. The van der Waals surface area contributed by atoms with E-state index in [0.29, 0.717) is 23.6 Å². The van der Waals surface area contributed by atoms with Gasteiger partial charge in [-0.1, -0.05) is 0 Å². The largest absolute Gasteiger partial charge is 0.492 e. The maximum Gasteiger partial charge on any atom is 0.145 e. The van der Waals surface area contributed by atoms with E-state index in [1.54, 1.807) is 30.3 Å². The maximum atomic E-state index is 8.96. The first kappa shape index (κ1) is 13.1. The third kappa shape index (κ3) is 3.27. The number of benzene rings is 1. The number of ether oxygens (including phenoxy) is 1. The Morgan fingerprint density at radius 2 is 2.06 bits per heavy atom. The maximum absolute atomic E-state index is 8.96. The predicted molar refractivity (Wildman–Crippen MR) is 65.3 cm³/mol. The van der Waals surface area contributed by atoms with E-state index in [-0.39, 0.29) is 5.57 Å². The van der Waals surface area contributed by atoms with Gasteiger partial charge in [0.25, 0.3) is 0 Å². The lowest BCUT2D eigenvalue weighted by Gasteiger charge is -2.07. The topological polar surface area (TPSA) is 92.6 Å². The highest BCUT2D eigenvalue weighted by molar-refractivity contribution is 5.57. The van der Waals surface area contributed by atoms with Gasteiger partial charge in [0.15, 0.2) is 0 Å². The molecule has 0 bridgehead atoms. The number of nitrogens with one attached hydrogen (secondary N) is 1. The van der Waals surface area contributed by atoms with E-state index >= 15 is 0 Å². The van der Waals surface area contributed by atoms with Crippen LogP contribution in [0.1, 0.15) is 12.5 Å². The van der Waals surface area contributed by atoms with Crippen molar-refractivity contribution < 1.29 is 4.74 Å². The van der Waals surface area contributed by atoms with Crippen LogP contribution in [0.15, 0.2) is 30.0 Å². The average Bonchev–Trinajstić information content (AvgIpc) is 2.41. The van der Waals surface area contributed by atoms with E-state index in [4.69, 9.17) is 20.5 Å². The molecule has 0 saturated carbocycles. The highest BCUT2D eigenvalue weighted by Crippen LogP contribution is 2.22. The molecule has 0 spiro atoms. The number of nitriles is 3. The molecule has 1 aromatic rings. The van der Waals surface area contributed by atoms with Crippen molar-refractivity contribution in [3.05, 3.63) is 35.5 Å². The summed E-state index contributed by atoms with van der Waals surface area (Å²) in [6.45, 7) is 2.32. The van der Waals surface area contributed by atoms with Crippen LogP contribution in [0.2, 0.25) is 0 Å². The molecule has 0 aromatic heterocycles. The summed E-state index contributed by atoms with van der Waals surface area (Å²) < 4.78 is 5.28. The van der Waals surface area contributed by atoms with Crippen molar-refractivity contribution in [2.45, 2.75) is 6.92 Å². The predicted octanol–water partition coefficient (Wildman–Crippen LogP) is 2.30. The van der Waals surface area contributed by atoms with Crippen molar-refractivity contribution in [3.8, 4) is 24.0 Å². The van der Waals surface area contributed by atoms with Crippen molar-refractivity contribution >= 4 is 5.69 Å². The molecule has 1 aromatic carbocycles. The van der Waals surface area contributed by atoms with E-state index in [9.17, 15) is 0 Å². The van der Waals surface area contributed by atoms with Gasteiger partial charge in [0, 0.05) is 11.9 Å². The zero-order valence-electron chi connectivity index (χ0n) is 9.77. The van der Waals surface area contributed by atoms with Crippen molar-refractivity contribution in [1.29, 1.82) is 15.8 Å². The molecule has 0 amide bonds. The Kier molecular flexibility index (Phi) is 4.79. The lowest BCUT2D eigenvalue weighted by molar-refractivity contribution is 0.339. The first-order valence-electron chi connectivity index (χ1n) is 5.19. The van der Waals surface area contributed by atoms with Crippen LogP contribution in [0.3, 0.4) is 0 Å². The Bertz CT molecular complexity index is 568. The van der Waals surface area contributed by atoms with Gasteiger partial charge in [-0.3, -0.25) is 0 Å². The SMILES string of the molecule is CCOc1ccc(NC=C(C#N)C#N)cc1C#N. The fraction of sp³-hybridized carbons (Fsp3) is 0.154. The molecule has 0 saturated heterocycles. The first-order chi connectivity index (χ1) is 8.74. The minimum atomic E-state index is -0.0395. The first-order valence-corrected chi connectivity index (χ1v) is 5.19. The third-order valence-corrected chi connectivity index (χ3v) is 2.02. The average molecular weight is 238 g/mol. The molecule has 0 aliphatic rings. The second-order valence-electron chi connectivity index (χ2n) is 3.18. The Morgan fingerprint density at radius 3 is 2.61 bits per heavy atom. The normalized spacial score (nSPS) is 8.33. The smallest absolute Gasteiger partial charge is 0.145 e. The zero-order valence-corrected chi connectivity index (χ0v) is 9.77. The van der Waals surface area contributed by atoms with Crippen LogP contribution in [-0.4, -0.2) is 6.61 Å². The van der Waals surface area contributed by atoms with Crippen molar-refractivity contribution in [2.75, 3.05) is 11.9 Å². The fourth-order valence-electron chi connectivity index (χ4n) is 1.23. The van der Waals surface area contributed by atoms with Crippen molar-refractivity contribution in [2.24, 2.45) is 0 Å². The van der Waals surface area contributed by atoms with Crippen LogP contribution in [0.25, 0.3) is 0 Å². The van der Waals surface area contributed by atoms with Crippen LogP contribution in [0, 0.1) is 34.0 Å². The molecule has 0 heterocycles. The quantitative estimate of drug-likeness (QED) is 0.812. The van der Waals surface area contributed by atoms with Gasteiger partial charge in [0.1, 0.15) is 29.5 Å². The Hall–Kier alpha value is -2.97. The number of rotatable bonds is 4.